The number of nitrogens with one attached hydrogen (secondary N) is 1. The van der Waals surface area contributed by atoms with Crippen LogP contribution in [0.15, 0.2) is 30.9 Å². The van der Waals surface area contributed by atoms with E-state index >= 15 is 0 Å². The Kier molecular flexibility index (Phi) is 4.41. The molecule has 0 saturated heterocycles. The van der Waals surface area contributed by atoms with Gasteiger partial charge in [-0.2, -0.15) is 0 Å². The van der Waals surface area contributed by atoms with Crippen LogP contribution in [0.2, 0.25) is 0 Å². The third kappa shape index (κ3) is 3.05. The van der Waals surface area contributed by atoms with Gasteiger partial charge in [-0.1, -0.05) is 0 Å². The van der Waals surface area contributed by atoms with E-state index in [1.807, 2.05) is 20.2 Å². The molecule has 1 N–H and O–H groups in total. The Hall–Kier alpha value is -2.96. The maximum Gasteiger partial charge on any atom is 0.337 e. The van der Waals surface area contributed by atoms with E-state index < -0.39 is 0 Å². The topological polar surface area (TPSA) is 81.9 Å². The molecule has 0 bridgehead atoms. The van der Waals surface area contributed by atoms with Crippen LogP contribution in [0.5, 0.6) is 0 Å². The molecule has 124 valence electrons. The second-order valence-corrected chi connectivity index (χ2v) is 5.48. The van der Waals surface area contributed by atoms with Crippen LogP contribution >= 0.6 is 0 Å². The number of carbonyl (C=O) groups excluding carboxylic acids is 1. The van der Waals surface area contributed by atoms with Gasteiger partial charge in [0.1, 0.15) is 12.1 Å². The molecule has 0 spiro atoms. The predicted octanol–water partition coefficient (Wildman–Crippen LogP) is 2.34. The Morgan fingerprint density at radius 3 is 2.79 bits per heavy atom. The van der Waals surface area contributed by atoms with Gasteiger partial charge in [-0.05, 0) is 32.0 Å². The Bertz CT molecular complexity index is 888. The molecule has 0 aliphatic heterocycles. The summed E-state index contributed by atoms with van der Waals surface area (Å²) in [5, 5.41) is 4.10. The Balaban J connectivity index is 1.80. The second kappa shape index (κ2) is 6.66. The largest absolute Gasteiger partial charge is 0.465 e. The molecule has 1 aromatic carbocycles. The van der Waals surface area contributed by atoms with Crippen molar-refractivity contribution in [2.45, 2.75) is 20.4 Å². The van der Waals surface area contributed by atoms with E-state index in [1.54, 1.807) is 18.2 Å². The van der Waals surface area contributed by atoms with Gasteiger partial charge in [0.15, 0.2) is 0 Å². The molecule has 0 radical (unpaired) electrons. The first-order valence-electron chi connectivity index (χ1n) is 7.65. The molecule has 0 fully saturated rings. The number of aryl methyl sites for hydroxylation is 1. The van der Waals surface area contributed by atoms with Gasteiger partial charge >= 0.3 is 5.97 Å². The number of carbonyl (C=O) groups is 1. The first kappa shape index (κ1) is 15.9. The minimum Gasteiger partial charge on any atom is -0.465 e. The molecule has 0 saturated carbocycles. The summed E-state index contributed by atoms with van der Waals surface area (Å²) in [7, 11) is 1.36. The smallest absolute Gasteiger partial charge is 0.337 e. The number of rotatable bonds is 5. The highest BCUT2D eigenvalue weighted by Gasteiger charge is 2.10. The lowest BCUT2D eigenvalue weighted by Crippen LogP contribution is -2.12. The monoisotopic (exact) mass is 325 g/mol. The Morgan fingerprint density at radius 1 is 1.25 bits per heavy atom. The zero-order valence-electron chi connectivity index (χ0n) is 13.9. The standard InChI is InChI=1S/C17H19N5O2/c1-11-12(2)22(10-21-11)7-6-18-16-14-8-13(17(23)24-3)4-5-15(14)19-9-20-16/h4-5,8-10H,6-7H2,1-3H3,(H,18,19,20). The van der Waals surface area contributed by atoms with Crippen LogP contribution in [0.3, 0.4) is 0 Å². The number of ether oxygens (including phenoxy) is 1. The van der Waals surface area contributed by atoms with Crippen LogP contribution in [0.25, 0.3) is 10.9 Å². The minimum atomic E-state index is -0.379. The molecule has 0 atom stereocenters. The fraction of sp³-hybridized carbons (Fsp3) is 0.294. The third-order valence-electron chi connectivity index (χ3n) is 4.05. The first-order chi connectivity index (χ1) is 11.6. The molecule has 2 aromatic heterocycles. The van der Waals surface area contributed by atoms with Gasteiger partial charge in [-0.15, -0.1) is 0 Å². The van der Waals surface area contributed by atoms with Crippen molar-refractivity contribution in [3.63, 3.8) is 0 Å². The Morgan fingerprint density at radius 2 is 2.08 bits per heavy atom. The fourth-order valence-electron chi connectivity index (χ4n) is 2.51. The molecule has 7 heteroatoms. The van der Waals surface area contributed by atoms with Crippen molar-refractivity contribution < 1.29 is 9.53 Å². The van der Waals surface area contributed by atoms with Gasteiger partial charge in [-0.25, -0.2) is 19.7 Å². The van der Waals surface area contributed by atoms with Crippen LogP contribution in [0, 0.1) is 13.8 Å². The van der Waals surface area contributed by atoms with Gasteiger partial charge in [0.05, 0.1) is 30.2 Å². The van der Waals surface area contributed by atoms with E-state index in [-0.39, 0.29) is 5.97 Å². The van der Waals surface area contributed by atoms with Gasteiger partial charge < -0.3 is 14.6 Å². The van der Waals surface area contributed by atoms with Crippen LogP contribution < -0.4 is 5.32 Å². The fourth-order valence-corrected chi connectivity index (χ4v) is 2.51. The van der Waals surface area contributed by atoms with Gasteiger partial charge in [0, 0.05) is 24.2 Å². The molecule has 2 heterocycles. The highest BCUT2D eigenvalue weighted by Crippen LogP contribution is 2.21. The molecule has 0 unspecified atom stereocenters. The summed E-state index contributed by atoms with van der Waals surface area (Å²) in [6.45, 7) is 5.50. The zero-order chi connectivity index (χ0) is 17.1. The van der Waals surface area contributed by atoms with Gasteiger partial charge in [0.2, 0.25) is 0 Å². The second-order valence-electron chi connectivity index (χ2n) is 5.48. The van der Waals surface area contributed by atoms with E-state index in [1.165, 1.54) is 13.4 Å². The van der Waals surface area contributed by atoms with Crippen molar-refractivity contribution in [1.29, 1.82) is 0 Å². The number of esters is 1. The first-order valence-corrected chi connectivity index (χ1v) is 7.65. The van der Waals surface area contributed by atoms with Crippen LogP contribution in [0.1, 0.15) is 21.7 Å². The number of nitrogens with zero attached hydrogens (tertiary/aromatic N) is 4. The summed E-state index contributed by atoms with van der Waals surface area (Å²) < 4.78 is 6.86. The maximum atomic E-state index is 11.7. The zero-order valence-corrected chi connectivity index (χ0v) is 13.9. The van der Waals surface area contributed by atoms with E-state index in [0.29, 0.717) is 17.9 Å². The molecule has 0 aliphatic carbocycles. The van der Waals surface area contributed by atoms with Gasteiger partial charge in [0.25, 0.3) is 0 Å². The molecule has 24 heavy (non-hydrogen) atoms. The average molecular weight is 325 g/mol. The lowest BCUT2D eigenvalue weighted by atomic mass is 10.1. The number of fused-ring (bicyclic) bond motifs is 1. The van der Waals surface area contributed by atoms with Crippen LogP contribution in [0.4, 0.5) is 5.82 Å². The highest BCUT2D eigenvalue weighted by atomic mass is 16.5. The van der Waals surface area contributed by atoms with Crippen molar-refractivity contribution in [2.24, 2.45) is 0 Å². The molecule has 3 rings (SSSR count). The van der Waals surface area contributed by atoms with Crippen LogP contribution in [-0.2, 0) is 11.3 Å². The number of benzene rings is 1. The molecular formula is C17H19N5O2. The number of aromatic nitrogens is 4. The van der Waals surface area contributed by atoms with E-state index in [2.05, 4.69) is 24.8 Å². The van der Waals surface area contributed by atoms with Crippen molar-refractivity contribution in [3.8, 4) is 0 Å². The predicted molar refractivity (Wildman–Crippen MR) is 91.1 cm³/mol. The van der Waals surface area contributed by atoms with E-state index in [0.717, 1.165) is 28.8 Å². The van der Waals surface area contributed by atoms with E-state index in [9.17, 15) is 4.79 Å². The van der Waals surface area contributed by atoms with Crippen molar-refractivity contribution >= 4 is 22.7 Å². The van der Waals surface area contributed by atoms with Crippen molar-refractivity contribution in [3.05, 3.63) is 47.8 Å². The average Bonchev–Trinajstić information content (AvgIpc) is 2.93. The summed E-state index contributed by atoms with van der Waals surface area (Å²) in [6, 6.07) is 5.23. The number of imidazole rings is 1. The maximum absolute atomic E-state index is 11.7. The number of hydrogen-bond acceptors (Lipinski definition) is 6. The Labute approximate surface area is 139 Å². The summed E-state index contributed by atoms with van der Waals surface area (Å²) in [4.78, 5) is 24.5. The quantitative estimate of drug-likeness (QED) is 0.725. The normalized spacial score (nSPS) is 10.8. The van der Waals surface area contributed by atoms with Crippen molar-refractivity contribution in [2.75, 3.05) is 19.0 Å². The highest BCUT2D eigenvalue weighted by molar-refractivity contribution is 5.97. The molecule has 0 amide bonds. The van der Waals surface area contributed by atoms with Gasteiger partial charge in [-0.3, -0.25) is 0 Å². The third-order valence-corrected chi connectivity index (χ3v) is 4.05. The summed E-state index contributed by atoms with van der Waals surface area (Å²) in [5.41, 5.74) is 3.43. The number of methoxy groups -OCH3 is 1. The lowest BCUT2D eigenvalue weighted by Gasteiger charge is -2.10. The lowest BCUT2D eigenvalue weighted by molar-refractivity contribution is 0.0601. The number of anilines is 1. The molecule has 0 aliphatic rings. The minimum absolute atomic E-state index is 0.379. The molecule has 7 nitrogen and oxygen atoms in total. The van der Waals surface area contributed by atoms with Crippen molar-refractivity contribution in [1.82, 2.24) is 19.5 Å². The van der Waals surface area contributed by atoms with E-state index in [4.69, 9.17) is 4.74 Å². The molecular weight excluding hydrogens is 306 g/mol. The SMILES string of the molecule is COC(=O)c1ccc2ncnc(NCCn3cnc(C)c3C)c2c1. The summed E-state index contributed by atoms with van der Waals surface area (Å²) >= 11 is 0. The molecule has 3 aromatic rings. The summed E-state index contributed by atoms with van der Waals surface area (Å²) in [6.07, 6.45) is 3.34. The number of hydrogen-bond donors (Lipinski definition) is 1. The summed E-state index contributed by atoms with van der Waals surface area (Å²) in [5.74, 6) is 0.316. The van der Waals surface area contributed by atoms with Crippen LogP contribution in [-0.4, -0.2) is 39.1 Å².